The number of carbonyl (C=O) groups excluding carboxylic acids is 1. The van der Waals surface area contributed by atoms with Crippen LogP contribution in [0.25, 0.3) is 0 Å². The van der Waals surface area contributed by atoms with Crippen LogP contribution >= 0.6 is 11.3 Å². The molecule has 2 N–H and O–H groups in total. The molecule has 1 aromatic rings. The van der Waals surface area contributed by atoms with Crippen molar-refractivity contribution in [2.24, 2.45) is 5.14 Å². The summed E-state index contributed by atoms with van der Waals surface area (Å²) in [5.74, 6) is -0.815. The van der Waals surface area contributed by atoms with Crippen molar-refractivity contribution in [1.29, 1.82) is 0 Å². The third-order valence-electron chi connectivity index (χ3n) is 1.17. The zero-order valence-corrected chi connectivity index (χ0v) is 8.18. The molecule has 1 heterocycles. The minimum absolute atomic E-state index is 0.269. The number of methoxy groups -OCH3 is 1. The van der Waals surface area contributed by atoms with Gasteiger partial charge in [-0.15, -0.1) is 11.3 Å². The molecular formula is C5H6N2O4S2. The average molecular weight is 222 g/mol. The lowest BCUT2D eigenvalue weighted by Crippen LogP contribution is -2.15. The van der Waals surface area contributed by atoms with Crippen molar-refractivity contribution in [2.75, 3.05) is 7.11 Å². The second kappa shape index (κ2) is 3.40. The fraction of sp³-hybridized carbons (Fsp3) is 0.200. The van der Waals surface area contributed by atoms with Crippen molar-refractivity contribution < 1.29 is 17.9 Å². The molecule has 0 fully saturated rings. The van der Waals surface area contributed by atoms with E-state index in [2.05, 4.69) is 9.72 Å². The van der Waals surface area contributed by atoms with Crippen LogP contribution in [-0.4, -0.2) is 26.5 Å². The first kappa shape index (κ1) is 10.1. The van der Waals surface area contributed by atoms with Crippen molar-refractivity contribution >= 4 is 27.3 Å². The van der Waals surface area contributed by atoms with Crippen LogP contribution in [-0.2, 0) is 14.8 Å². The van der Waals surface area contributed by atoms with Crippen molar-refractivity contribution in [2.45, 2.75) is 4.21 Å². The van der Waals surface area contributed by atoms with E-state index in [1.807, 2.05) is 0 Å². The Kier molecular flexibility index (Phi) is 2.64. The maximum atomic E-state index is 10.9. The number of carbonyl (C=O) groups is 1. The zero-order chi connectivity index (χ0) is 10.1. The Labute approximate surface area is 78.4 Å². The van der Waals surface area contributed by atoms with Gasteiger partial charge in [-0.25, -0.2) is 23.3 Å². The highest BCUT2D eigenvalue weighted by Crippen LogP contribution is 2.18. The number of sulfonamides is 1. The minimum Gasteiger partial charge on any atom is -0.464 e. The Morgan fingerprint density at radius 2 is 2.31 bits per heavy atom. The molecule has 0 unspecified atom stereocenters. The standard InChI is InChI=1S/C5H6N2O4S2/c1-11-4(8)3-5(12-2-7-3)13(6,9)10/h2H,1H3,(H2,6,9,10). The summed E-state index contributed by atoms with van der Waals surface area (Å²) in [6.45, 7) is 0. The van der Waals surface area contributed by atoms with E-state index in [1.165, 1.54) is 5.51 Å². The molecule has 0 atom stereocenters. The molecule has 6 nitrogen and oxygen atoms in total. The lowest BCUT2D eigenvalue weighted by Gasteiger charge is -1.96. The molecule has 0 aliphatic carbocycles. The summed E-state index contributed by atoms with van der Waals surface area (Å²) >= 11 is 0.775. The van der Waals surface area contributed by atoms with Crippen LogP contribution in [0.5, 0.6) is 0 Å². The number of aromatic nitrogens is 1. The maximum Gasteiger partial charge on any atom is 0.358 e. The van der Waals surface area contributed by atoms with Crippen molar-refractivity contribution in [3.63, 3.8) is 0 Å². The van der Waals surface area contributed by atoms with Crippen LogP contribution in [0, 0.1) is 0 Å². The van der Waals surface area contributed by atoms with Gasteiger partial charge in [-0.3, -0.25) is 0 Å². The number of hydrogen-bond donors (Lipinski definition) is 1. The average Bonchev–Trinajstić information content (AvgIpc) is 2.49. The van der Waals surface area contributed by atoms with Gasteiger partial charge in [-0.1, -0.05) is 0 Å². The van der Waals surface area contributed by atoms with E-state index in [9.17, 15) is 13.2 Å². The number of esters is 1. The summed E-state index contributed by atoms with van der Waals surface area (Å²) in [4.78, 5) is 14.5. The molecule has 0 saturated heterocycles. The fourth-order valence-corrected chi connectivity index (χ4v) is 2.24. The summed E-state index contributed by atoms with van der Waals surface area (Å²) < 4.78 is 25.8. The molecule has 1 rings (SSSR count). The smallest absolute Gasteiger partial charge is 0.358 e. The summed E-state index contributed by atoms with van der Waals surface area (Å²) in [6, 6.07) is 0. The highest BCUT2D eigenvalue weighted by Gasteiger charge is 2.23. The summed E-state index contributed by atoms with van der Waals surface area (Å²) in [5.41, 5.74) is 0.946. The second-order valence-corrected chi connectivity index (χ2v) is 4.64. The summed E-state index contributed by atoms with van der Waals surface area (Å²) in [6.07, 6.45) is 0. The van der Waals surface area contributed by atoms with E-state index < -0.39 is 16.0 Å². The Morgan fingerprint density at radius 3 is 2.77 bits per heavy atom. The van der Waals surface area contributed by atoms with Gasteiger partial charge in [0.05, 0.1) is 12.6 Å². The first-order valence-electron chi connectivity index (χ1n) is 3.01. The molecule has 72 valence electrons. The van der Waals surface area contributed by atoms with E-state index in [4.69, 9.17) is 5.14 Å². The Morgan fingerprint density at radius 1 is 1.69 bits per heavy atom. The van der Waals surface area contributed by atoms with Crippen molar-refractivity contribution in [3.05, 3.63) is 11.2 Å². The van der Waals surface area contributed by atoms with Crippen LogP contribution in [0.4, 0.5) is 0 Å². The molecule has 1 aromatic heterocycles. The third-order valence-corrected chi connectivity index (χ3v) is 3.49. The van der Waals surface area contributed by atoms with E-state index in [-0.39, 0.29) is 9.90 Å². The highest BCUT2D eigenvalue weighted by atomic mass is 32.2. The lowest BCUT2D eigenvalue weighted by atomic mass is 10.5. The third kappa shape index (κ3) is 2.02. The molecular weight excluding hydrogens is 216 g/mol. The van der Waals surface area contributed by atoms with E-state index in [0.29, 0.717) is 0 Å². The predicted molar refractivity (Wildman–Crippen MR) is 44.8 cm³/mol. The quantitative estimate of drug-likeness (QED) is 0.685. The first-order valence-corrected chi connectivity index (χ1v) is 5.44. The first-order chi connectivity index (χ1) is 5.96. The second-order valence-electron chi connectivity index (χ2n) is 2.03. The molecule has 0 aliphatic rings. The maximum absolute atomic E-state index is 10.9. The largest absolute Gasteiger partial charge is 0.464 e. The van der Waals surface area contributed by atoms with Gasteiger partial charge in [0.1, 0.15) is 0 Å². The molecule has 0 saturated carbocycles. The number of ether oxygens (including phenoxy) is 1. The monoisotopic (exact) mass is 222 g/mol. The number of rotatable bonds is 2. The van der Waals surface area contributed by atoms with Gasteiger partial charge < -0.3 is 4.74 Å². The van der Waals surface area contributed by atoms with Gasteiger partial charge in [0.25, 0.3) is 0 Å². The Bertz CT molecular complexity index is 421. The highest BCUT2D eigenvalue weighted by molar-refractivity contribution is 7.91. The number of thiazole rings is 1. The molecule has 13 heavy (non-hydrogen) atoms. The Hall–Kier alpha value is -0.990. The fourth-order valence-electron chi connectivity index (χ4n) is 0.670. The number of primary sulfonamides is 1. The van der Waals surface area contributed by atoms with E-state index in [0.717, 1.165) is 18.4 Å². The summed E-state index contributed by atoms with van der Waals surface area (Å²) in [5, 5.41) is 4.83. The van der Waals surface area contributed by atoms with Gasteiger partial charge in [0, 0.05) is 0 Å². The molecule has 8 heteroatoms. The minimum atomic E-state index is -3.89. The van der Waals surface area contributed by atoms with Crippen LogP contribution in [0.3, 0.4) is 0 Å². The SMILES string of the molecule is COC(=O)c1ncsc1S(N)(=O)=O. The molecule has 0 bridgehead atoms. The molecule has 0 aliphatic heterocycles. The van der Waals surface area contributed by atoms with Gasteiger partial charge in [0.2, 0.25) is 10.0 Å². The van der Waals surface area contributed by atoms with Gasteiger partial charge >= 0.3 is 5.97 Å². The molecule has 0 aromatic carbocycles. The lowest BCUT2D eigenvalue weighted by molar-refractivity contribution is 0.0590. The Balaban J connectivity index is 3.26. The van der Waals surface area contributed by atoms with Crippen LogP contribution in [0.2, 0.25) is 0 Å². The van der Waals surface area contributed by atoms with Crippen LogP contribution in [0.15, 0.2) is 9.72 Å². The van der Waals surface area contributed by atoms with Gasteiger partial charge in [-0.05, 0) is 0 Å². The van der Waals surface area contributed by atoms with Gasteiger partial charge in [0.15, 0.2) is 9.90 Å². The van der Waals surface area contributed by atoms with E-state index >= 15 is 0 Å². The predicted octanol–water partition coefficient (Wildman–Crippen LogP) is -0.423. The van der Waals surface area contributed by atoms with Crippen molar-refractivity contribution in [1.82, 2.24) is 4.98 Å². The van der Waals surface area contributed by atoms with Crippen LogP contribution in [0.1, 0.15) is 10.5 Å². The topological polar surface area (TPSA) is 99.3 Å². The normalized spacial score (nSPS) is 11.2. The number of nitrogens with two attached hydrogens (primary N) is 1. The van der Waals surface area contributed by atoms with Crippen molar-refractivity contribution in [3.8, 4) is 0 Å². The summed E-state index contributed by atoms with van der Waals surface area (Å²) in [7, 11) is -2.76. The van der Waals surface area contributed by atoms with Gasteiger partial charge in [-0.2, -0.15) is 0 Å². The number of hydrogen-bond acceptors (Lipinski definition) is 6. The van der Waals surface area contributed by atoms with E-state index in [1.54, 1.807) is 0 Å². The number of nitrogens with zero attached hydrogens (tertiary/aromatic N) is 1. The molecule has 0 spiro atoms. The van der Waals surface area contributed by atoms with Crippen LogP contribution < -0.4 is 5.14 Å². The molecule has 0 amide bonds. The zero-order valence-electron chi connectivity index (χ0n) is 6.55. The molecule has 0 radical (unpaired) electrons.